The first kappa shape index (κ1) is 20.1. The quantitative estimate of drug-likeness (QED) is 0.632. The van der Waals surface area contributed by atoms with Crippen molar-refractivity contribution in [1.82, 2.24) is 15.0 Å². The normalized spacial score (nSPS) is 14.1. The van der Waals surface area contributed by atoms with E-state index < -0.39 is 5.82 Å². The van der Waals surface area contributed by atoms with Gasteiger partial charge in [0.25, 0.3) is 11.8 Å². The van der Waals surface area contributed by atoms with Crippen LogP contribution >= 0.6 is 11.6 Å². The number of aromatic nitrogens is 1. The first-order chi connectivity index (χ1) is 14.4. The number of aryl methyl sites for hydroxylation is 1. The predicted octanol–water partition coefficient (Wildman–Crippen LogP) is 4.04. The van der Waals surface area contributed by atoms with Crippen LogP contribution in [-0.2, 0) is 0 Å². The predicted molar refractivity (Wildman–Crippen MR) is 110 cm³/mol. The molecule has 1 aromatic heterocycles. The van der Waals surface area contributed by atoms with Gasteiger partial charge in [-0.1, -0.05) is 46.6 Å². The van der Waals surface area contributed by atoms with Crippen LogP contribution < -0.4 is 0 Å². The summed E-state index contributed by atoms with van der Waals surface area (Å²) in [6.45, 7) is 3.39. The molecule has 1 aliphatic rings. The van der Waals surface area contributed by atoms with E-state index in [4.69, 9.17) is 16.1 Å². The van der Waals surface area contributed by atoms with Gasteiger partial charge in [0, 0.05) is 37.8 Å². The highest BCUT2D eigenvalue weighted by molar-refractivity contribution is 6.33. The smallest absolute Gasteiger partial charge is 0.292 e. The molecule has 1 saturated heterocycles. The van der Waals surface area contributed by atoms with Crippen molar-refractivity contribution in [2.24, 2.45) is 0 Å². The van der Waals surface area contributed by atoms with E-state index in [2.05, 4.69) is 5.16 Å². The van der Waals surface area contributed by atoms with Gasteiger partial charge >= 0.3 is 0 Å². The molecule has 2 aromatic carbocycles. The van der Waals surface area contributed by atoms with Crippen LogP contribution in [-0.4, -0.2) is 52.9 Å². The third-order valence-electron chi connectivity index (χ3n) is 5.08. The first-order valence-corrected chi connectivity index (χ1v) is 9.87. The summed E-state index contributed by atoms with van der Waals surface area (Å²) in [5, 5.41) is 4.07. The monoisotopic (exact) mass is 427 g/mol. The van der Waals surface area contributed by atoms with Crippen molar-refractivity contribution in [3.63, 3.8) is 0 Å². The zero-order valence-corrected chi connectivity index (χ0v) is 17.0. The standard InChI is InChI=1S/C22H19ClFN3O3/c1-14-2-4-15(5-3-14)19-13-20(30-25-19)22(29)27-10-8-26(9-11-27)21(28)17-7-6-16(24)12-18(17)23/h2-7,12-13H,8-11H2,1H3. The van der Waals surface area contributed by atoms with E-state index in [9.17, 15) is 14.0 Å². The van der Waals surface area contributed by atoms with Crippen LogP contribution in [0.5, 0.6) is 0 Å². The molecule has 4 rings (SSSR count). The molecule has 2 amide bonds. The molecule has 0 unspecified atom stereocenters. The fourth-order valence-electron chi connectivity index (χ4n) is 3.34. The highest BCUT2D eigenvalue weighted by Crippen LogP contribution is 2.22. The lowest BCUT2D eigenvalue weighted by atomic mass is 10.1. The van der Waals surface area contributed by atoms with E-state index in [1.54, 1.807) is 15.9 Å². The number of carbonyl (C=O) groups is 2. The summed E-state index contributed by atoms with van der Waals surface area (Å²) in [5.41, 5.74) is 2.84. The minimum absolute atomic E-state index is 0.0730. The summed E-state index contributed by atoms with van der Waals surface area (Å²) in [6, 6.07) is 13.1. The van der Waals surface area contributed by atoms with Crippen LogP contribution in [0, 0.1) is 12.7 Å². The lowest BCUT2D eigenvalue weighted by molar-refractivity contribution is 0.0513. The number of nitrogens with zero attached hydrogens (tertiary/aromatic N) is 3. The molecule has 8 heteroatoms. The Morgan fingerprint density at radius 3 is 2.23 bits per heavy atom. The second-order valence-corrected chi connectivity index (χ2v) is 7.56. The van der Waals surface area contributed by atoms with Gasteiger partial charge in [-0.05, 0) is 25.1 Å². The first-order valence-electron chi connectivity index (χ1n) is 9.50. The van der Waals surface area contributed by atoms with Crippen LogP contribution in [0.2, 0.25) is 5.02 Å². The SMILES string of the molecule is Cc1ccc(-c2cc(C(=O)N3CCN(C(=O)c4ccc(F)cc4Cl)CC3)on2)cc1. The molecule has 0 atom stereocenters. The van der Waals surface area contributed by atoms with E-state index in [-0.39, 0.29) is 28.2 Å². The highest BCUT2D eigenvalue weighted by Gasteiger charge is 2.28. The van der Waals surface area contributed by atoms with Crippen molar-refractivity contribution in [2.75, 3.05) is 26.2 Å². The molecule has 0 N–H and O–H groups in total. The van der Waals surface area contributed by atoms with E-state index in [1.807, 2.05) is 31.2 Å². The number of benzene rings is 2. The Kier molecular flexibility index (Phi) is 5.55. The lowest BCUT2D eigenvalue weighted by Crippen LogP contribution is -2.50. The van der Waals surface area contributed by atoms with Gasteiger partial charge in [0.05, 0.1) is 10.6 Å². The fourth-order valence-corrected chi connectivity index (χ4v) is 3.59. The Bertz CT molecular complexity index is 1090. The molecule has 6 nitrogen and oxygen atoms in total. The Labute approximate surface area is 177 Å². The van der Waals surface area contributed by atoms with Crippen molar-refractivity contribution >= 4 is 23.4 Å². The van der Waals surface area contributed by atoms with Crippen LogP contribution in [0.25, 0.3) is 11.3 Å². The number of amides is 2. The van der Waals surface area contributed by atoms with Crippen molar-refractivity contribution in [3.8, 4) is 11.3 Å². The van der Waals surface area contributed by atoms with Gasteiger partial charge in [0.1, 0.15) is 11.5 Å². The van der Waals surface area contributed by atoms with Gasteiger partial charge in [0.2, 0.25) is 5.76 Å². The van der Waals surface area contributed by atoms with E-state index in [1.165, 1.54) is 12.1 Å². The second-order valence-electron chi connectivity index (χ2n) is 7.15. The van der Waals surface area contributed by atoms with Crippen LogP contribution in [0.4, 0.5) is 4.39 Å². The summed E-state index contributed by atoms with van der Waals surface area (Å²) in [6.07, 6.45) is 0. The second kappa shape index (κ2) is 8.28. The maximum absolute atomic E-state index is 13.2. The van der Waals surface area contributed by atoms with Crippen LogP contribution in [0.1, 0.15) is 26.5 Å². The number of hydrogen-bond donors (Lipinski definition) is 0. The van der Waals surface area contributed by atoms with Crippen LogP contribution in [0.3, 0.4) is 0 Å². The van der Waals surface area contributed by atoms with Crippen molar-refractivity contribution in [3.05, 3.63) is 76.3 Å². The summed E-state index contributed by atoms with van der Waals surface area (Å²) in [7, 11) is 0. The number of rotatable bonds is 3. The van der Waals surface area contributed by atoms with Crippen molar-refractivity contribution in [2.45, 2.75) is 6.92 Å². The molecule has 1 fully saturated rings. The number of hydrogen-bond acceptors (Lipinski definition) is 4. The van der Waals surface area contributed by atoms with Crippen LogP contribution in [0.15, 0.2) is 53.1 Å². The molecule has 1 aliphatic heterocycles. The highest BCUT2D eigenvalue weighted by atomic mass is 35.5. The van der Waals surface area contributed by atoms with E-state index in [0.29, 0.717) is 31.9 Å². The third kappa shape index (κ3) is 4.07. The Hall–Kier alpha value is -3.19. The average Bonchev–Trinajstić information content (AvgIpc) is 3.24. The summed E-state index contributed by atoms with van der Waals surface area (Å²) in [5.74, 6) is -0.892. The molecule has 2 heterocycles. The van der Waals surface area contributed by atoms with Gasteiger partial charge < -0.3 is 14.3 Å². The molecule has 3 aromatic rings. The fraction of sp³-hybridized carbons (Fsp3) is 0.227. The number of piperazine rings is 1. The maximum Gasteiger partial charge on any atom is 0.292 e. The third-order valence-corrected chi connectivity index (χ3v) is 5.40. The number of halogens is 2. The zero-order valence-electron chi connectivity index (χ0n) is 16.3. The summed E-state index contributed by atoms with van der Waals surface area (Å²) >= 11 is 5.99. The Morgan fingerprint density at radius 2 is 1.60 bits per heavy atom. The molecule has 0 saturated carbocycles. The molecule has 0 bridgehead atoms. The molecule has 30 heavy (non-hydrogen) atoms. The van der Waals surface area contributed by atoms with Gasteiger partial charge in [-0.3, -0.25) is 9.59 Å². The maximum atomic E-state index is 13.2. The van der Waals surface area contributed by atoms with Crippen molar-refractivity contribution in [1.29, 1.82) is 0 Å². The Morgan fingerprint density at radius 1 is 0.967 bits per heavy atom. The topological polar surface area (TPSA) is 66.7 Å². The lowest BCUT2D eigenvalue weighted by Gasteiger charge is -2.34. The zero-order chi connectivity index (χ0) is 21.3. The van der Waals surface area contributed by atoms with Crippen molar-refractivity contribution < 1.29 is 18.5 Å². The molecule has 0 radical (unpaired) electrons. The van der Waals surface area contributed by atoms with E-state index >= 15 is 0 Å². The average molecular weight is 428 g/mol. The number of carbonyl (C=O) groups excluding carboxylic acids is 2. The van der Waals surface area contributed by atoms with Gasteiger partial charge in [0.15, 0.2) is 0 Å². The van der Waals surface area contributed by atoms with Gasteiger partial charge in [-0.2, -0.15) is 0 Å². The molecular formula is C22H19ClFN3O3. The molecular weight excluding hydrogens is 409 g/mol. The minimum Gasteiger partial charge on any atom is -0.350 e. The summed E-state index contributed by atoms with van der Waals surface area (Å²) in [4.78, 5) is 28.6. The molecule has 154 valence electrons. The minimum atomic E-state index is -0.496. The molecule has 0 spiro atoms. The summed E-state index contributed by atoms with van der Waals surface area (Å²) < 4.78 is 18.5. The van der Waals surface area contributed by atoms with Gasteiger partial charge in [-0.15, -0.1) is 0 Å². The molecule has 0 aliphatic carbocycles. The largest absolute Gasteiger partial charge is 0.350 e. The van der Waals surface area contributed by atoms with Gasteiger partial charge in [-0.25, -0.2) is 4.39 Å². The Balaban J connectivity index is 1.40. The van der Waals surface area contributed by atoms with E-state index in [0.717, 1.165) is 17.2 Å².